The Balaban J connectivity index is 1.43. The number of benzene rings is 2. The van der Waals surface area contributed by atoms with E-state index in [-0.39, 0.29) is 16.8 Å². The van der Waals surface area contributed by atoms with Gasteiger partial charge in [-0.2, -0.15) is 4.31 Å². The van der Waals surface area contributed by atoms with E-state index in [4.69, 9.17) is 0 Å². The van der Waals surface area contributed by atoms with E-state index >= 15 is 0 Å². The summed E-state index contributed by atoms with van der Waals surface area (Å²) in [5.74, 6) is -0.265. The van der Waals surface area contributed by atoms with Gasteiger partial charge >= 0.3 is 0 Å². The number of sulfonamides is 1. The van der Waals surface area contributed by atoms with Crippen LogP contribution < -0.4 is 5.32 Å². The van der Waals surface area contributed by atoms with Gasteiger partial charge in [0.1, 0.15) is 0 Å². The van der Waals surface area contributed by atoms with Gasteiger partial charge in [0.25, 0.3) is 5.91 Å². The standard InChI is InChI=1S/C23H27N3O3S/c1-17-7-4-5-14-26(17)30(28,29)20-9-6-8-18(15-20)23(27)24-13-12-19-16-25-22-11-3-2-10-21(19)22/h2-3,6,8-11,15-17,25H,4-5,7,12-14H2,1H3,(H,24,27). The Hall–Kier alpha value is -2.64. The SMILES string of the molecule is CC1CCCCN1S(=O)(=O)c1cccc(C(=O)NCCc2c[nH]c3ccccc23)c1. The van der Waals surface area contributed by atoms with Crippen LogP contribution in [0.4, 0.5) is 0 Å². The summed E-state index contributed by atoms with van der Waals surface area (Å²) in [6.07, 6.45) is 5.44. The molecule has 0 bridgehead atoms. The van der Waals surface area contributed by atoms with Crippen molar-refractivity contribution in [3.63, 3.8) is 0 Å². The number of nitrogens with one attached hydrogen (secondary N) is 2. The maximum absolute atomic E-state index is 13.1. The topological polar surface area (TPSA) is 82.3 Å². The molecule has 1 atom stereocenters. The smallest absolute Gasteiger partial charge is 0.251 e. The minimum Gasteiger partial charge on any atom is -0.361 e. The quantitative estimate of drug-likeness (QED) is 0.632. The highest BCUT2D eigenvalue weighted by Crippen LogP contribution is 2.25. The van der Waals surface area contributed by atoms with Crippen LogP contribution in [0.2, 0.25) is 0 Å². The summed E-state index contributed by atoms with van der Waals surface area (Å²) in [5, 5.41) is 4.06. The number of para-hydroxylation sites is 1. The number of piperidine rings is 1. The van der Waals surface area contributed by atoms with Gasteiger partial charge in [-0.25, -0.2) is 8.42 Å². The van der Waals surface area contributed by atoms with Crippen LogP contribution in [0.3, 0.4) is 0 Å². The Morgan fingerprint density at radius 1 is 1.17 bits per heavy atom. The molecule has 0 aliphatic carbocycles. The van der Waals surface area contributed by atoms with Crippen molar-refractivity contribution in [3.8, 4) is 0 Å². The number of aromatic amines is 1. The molecule has 2 N–H and O–H groups in total. The maximum Gasteiger partial charge on any atom is 0.251 e. The number of aromatic nitrogens is 1. The molecule has 2 aromatic carbocycles. The van der Waals surface area contributed by atoms with E-state index in [1.165, 1.54) is 6.07 Å². The van der Waals surface area contributed by atoms with E-state index in [1.807, 2.05) is 31.3 Å². The molecule has 158 valence electrons. The predicted molar refractivity (Wildman–Crippen MR) is 118 cm³/mol. The molecule has 2 heterocycles. The van der Waals surface area contributed by atoms with Crippen LogP contribution in [0.25, 0.3) is 10.9 Å². The van der Waals surface area contributed by atoms with E-state index < -0.39 is 10.0 Å². The zero-order valence-electron chi connectivity index (χ0n) is 17.1. The van der Waals surface area contributed by atoms with Crippen molar-refractivity contribution in [2.45, 2.75) is 43.5 Å². The number of hydrogen-bond acceptors (Lipinski definition) is 3. The third kappa shape index (κ3) is 4.13. The van der Waals surface area contributed by atoms with E-state index in [2.05, 4.69) is 16.4 Å². The van der Waals surface area contributed by atoms with E-state index in [1.54, 1.807) is 22.5 Å². The summed E-state index contributed by atoms with van der Waals surface area (Å²) >= 11 is 0. The van der Waals surface area contributed by atoms with Crippen molar-refractivity contribution in [2.24, 2.45) is 0 Å². The van der Waals surface area contributed by atoms with Crippen LogP contribution >= 0.6 is 0 Å². The van der Waals surface area contributed by atoms with E-state index in [0.717, 1.165) is 35.7 Å². The fraction of sp³-hybridized carbons (Fsp3) is 0.348. The average Bonchev–Trinajstić information content (AvgIpc) is 3.17. The number of rotatable bonds is 6. The van der Waals surface area contributed by atoms with Gasteiger partial charge in [-0.1, -0.05) is 30.7 Å². The Kier molecular flexibility index (Phi) is 5.92. The van der Waals surface area contributed by atoms with Gasteiger partial charge in [0.2, 0.25) is 10.0 Å². The molecule has 0 radical (unpaired) electrons. The van der Waals surface area contributed by atoms with Crippen LogP contribution in [0.15, 0.2) is 59.6 Å². The first-order valence-corrected chi connectivity index (χ1v) is 11.9. The predicted octanol–water partition coefficient (Wildman–Crippen LogP) is 3.70. The highest BCUT2D eigenvalue weighted by Gasteiger charge is 2.31. The minimum absolute atomic E-state index is 0.0163. The second-order valence-electron chi connectivity index (χ2n) is 7.85. The number of H-pyrrole nitrogens is 1. The molecule has 3 aromatic rings. The molecule has 1 unspecified atom stereocenters. The van der Waals surface area contributed by atoms with Gasteiger partial charge in [-0.15, -0.1) is 0 Å². The van der Waals surface area contributed by atoms with E-state index in [9.17, 15) is 13.2 Å². The first-order valence-electron chi connectivity index (χ1n) is 10.4. The highest BCUT2D eigenvalue weighted by molar-refractivity contribution is 7.89. The molecule has 1 aliphatic heterocycles. The normalized spacial score (nSPS) is 17.8. The fourth-order valence-corrected chi connectivity index (χ4v) is 5.86. The Morgan fingerprint density at radius 3 is 2.83 bits per heavy atom. The lowest BCUT2D eigenvalue weighted by atomic mass is 10.1. The molecule has 1 saturated heterocycles. The number of nitrogens with zero attached hydrogens (tertiary/aromatic N) is 1. The molecule has 1 fully saturated rings. The molecule has 0 spiro atoms. The molecule has 6 nitrogen and oxygen atoms in total. The van der Waals surface area contributed by atoms with Gasteiger partial charge in [-0.05, 0) is 56.0 Å². The largest absolute Gasteiger partial charge is 0.361 e. The molecular weight excluding hydrogens is 398 g/mol. The van der Waals surface area contributed by atoms with Crippen LogP contribution in [-0.2, 0) is 16.4 Å². The van der Waals surface area contributed by atoms with Crippen LogP contribution in [-0.4, -0.2) is 42.7 Å². The second-order valence-corrected chi connectivity index (χ2v) is 9.74. The first kappa shape index (κ1) is 20.6. The Labute approximate surface area is 177 Å². The Bertz CT molecular complexity index is 1150. The summed E-state index contributed by atoms with van der Waals surface area (Å²) < 4.78 is 27.7. The van der Waals surface area contributed by atoms with Crippen molar-refractivity contribution in [1.29, 1.82) is 0 Å². The zero-order chi connectivity index (χ0) is 21.1. The van der Waals surface area contributed by atoms with Gasteiger partial charge in [0.15, 0.2) is 0 Å². The summed E-state index contributed by atoms with van der Waals surface area (Å²) in [7, 11) is -3.60. The van der Waals surface area contributed by atoms with Crippen molar-refractivity contribution >= 4 is 26.8 Å². The summed E-state index contributed by atoms with van der Waals surface area (Å²) in [4.78, 5) is 16.0. The monoisotopic (exact) mass is 425 g/mol. The first-order chi connectivity index (χ1) is 14.5. The molecule has 7 heteroatoms. The van der Waals surface area contributed by atoms with Gasteiger partial charge in [0, 0.05) is 41.8 Å². The highest BCUT2D eigenvalue weighted by atomic mass is 32.2. The summed E-state index contributed by atoms with van der Waals surface area (Å²) in [5.41, 5.74) is 2.57. The number of amides is 1. The average molecular weight is 426 g/mol. The molecular formula is C23H27N3O3S. The van der Waals surface area contributed by atoms with Crippen molar-refractivity contribution in [1.82, 2.24) is 14.6 Å². The molecule has 4 rings (SSSR count). The summed E-state index contributed by atoms with van der Waals surface area (Å²) in [6, 6.07) is 14.4. The fourth-order valence-electron chi connectivity index (χ4n) is 4.11. The molecule has 1 amide bonds. The van der Waals surface area contributed by atoms with Crippen LogP contribution in [0.5, 0.6) is 0 Å². The minimum atomic E-state index is -3.60. The third-order valence-electron chi connectivity index (χ3n) is 5.80. The zero-order valence-corrected chi connectivity index (χ0v) is 17.9. The maximum atomic E-state index is 13.1. The van der Waals surface area contributed by atoms with Crippen LogP contribution in [0.1, 0.15) is 42.1 Å². The lowest BCUT2D eigenvalue weighted by molar-refractivity contribution is 0.0954. The van der Waals surface area contributed by atoms with Crippen molar-refractivity contribution in [3.05, 3.63) is 65.9 Å². The number of fused-ring (bicyclic) bond motifs is 1. The van der Waals surface area contributed by atoms with Gasteiger partial charge in [0.05, 0.1) is 4.90 Å². The van der Waals surface area contributed by atoms with E-state index in [0.29, 0.717) is 25.1 Å². The lowest BCUT2D eigenvalue weighted by Crippen LogP contribution is -2.42. The van der Waals surface area contributed by atoms with Crippen LogP contribution in [0, 0.1) is 0 Å². The molecule has 30 heavy (non-hydrogen) atoms. The van der Waals surface area contributed by atoms with Gasteiger partial charge < -0.3 is 10.3 Å². The van der Waals surface area contributed by atoms with Crippen molar-refractivity contribution < 1.29 is 13.2 Å². The second kappa shape index (κ2) is 8.62. The third-order valence-corrected chi connectivity index (χ3v) is 7.81. The molecule has 1 aliphatic rings. The number of carbonyl (C=O) groups is 1. The van der Waals surface area contributed by atoms with Gasteiger partial charge in [-0.3, -0.25) is 4.79 Å². The lowest BCUT2D eigenvalue weighted by Gasteiger charge is -2.32. The van der Waals surface area contributed by atoms with Crippen molar-refractivity contribution in [2.75, 3.05) is 13.1 Å². The number of carbonyl (C=O) groups excluding carboxylic acids is 1. The number of hydrogen-bond donors (Lipinski definition) is 2. The Morgan fingerprint density at radius 2 is 2.00 bits per heavy atom. The molecule has 1 aromatic heterocycles. The summed E-state index contributed by atoms with van der Waals surface area (Å²) in [6.45, 7) is 2.95. The molecule has 0 saturated carbocycles.